The van der Waals surface area contributed by atoms with E-state index in [1.165, 1.54) is 64.2 Å². The van der Waals surface area contributed by atoms with Crippen LogP contribution < -0.4 is 11.5 Å². The Balaban J connectivity index is 5.25. The summed E-state index contributed by atoms with van der Waals surface area (Å²) in [6, 6.07) is 0. The average Bonchev–Trinajstić information content (AvgIpc) is 2.51. The summed E-state index contributed by atoms with van der Waals surface area (Å²) in [6.07, 6.45) is 14.4. The summed E-state index contributed by atoms with van der Waals surface area (Å²) in [5, 5.41) is 0. The molecule has 0 spiro atoms. The lowest BCUT2D eigenvalue weighted by atomic mass is 9.71. The Kier molecular flexibility index (Phi) is 11.6. The Morgan fingerprint density at radius 2 is 1.05 bits per heavy atom. The zero-order chi connectivity index (χ0) is 16.1. The van der Waals surface area contributed by atoms with Gasteiger partial charge in [0, 0.05) is 16.8 Å². The summed E-state index contributed by atoms with van der Waals surface area (Å²) in [7, 11) is 0. The van der Waals surface area contributed by atoms with Crippen molar-refractivity contribution in [3.8, 4) is 0 Å². The minimum absolute atomic E-state index is 0.167. The molecular weight excluding hydrogens is 256 g/mol. The van der Waals surface area contributed by atoms with E-state index in [9.17, 15) is 0 Å². The highest BCUT2D eigenvalue weighted by Gasteiger charge is 2.32. The zero-order valence-electron chi connectivity index (χ0n) is 15.1. The minimum atomic E-state index is 0.167. The third-order valence-corrected chi connectivity index (χ3v) is 4.74. The summed E-state index contributed by atoms with van der Waals surface area (Å²) >= 11 is 0. The van der Waals surface area contributed by atoms with E-state index in [0.29, 0.717) is 0 Å². The maximum Gasteiger partial charge on any atom is 0.0334 e. The van der Waals surface area contributed by atoms with Gasteiger partial charge in [-0.15, -0.1) is 0 Å². The van der Waals surface area contributed by atoms with Crippen molar-refractivity contribution >= 4 is 0 Å². The SMILES string of the molecule is CCCCC(N)=C(N)C(CCCC)(CCCC)CCCC. The Morgan fingerprint density at radius 1 is 0.667 bits per heavy atom. The third-order valence-electron chi connectivity index (χ3n) is 4.74. The fraction of sp³-hybridized carbons (Fsp3) is 0.895. The molecule has 0 amide bonds. The molecule has 0 aromatic heterocycles. The predicted octanol–water partition coefficient (Wildman–Crippen LogP) is 5.86. The molecule has 2 heteroatoms. The summed E-state index contributed by atoms with van der Waals surface area (Å²) < 4.78 is 0. The number of hydrogen-bond acceptors (Lipinski definition) is 2. The molecule has 0 atom stereocenters. The third kappa shape index (κ3) is 7.24. The van der Waals surface area contributed by atoms with Crippen LogP contribution in [-0.4, -0.2) is 0 Å². The molecule has 0 unspecified atom stereocenters. The van der Waals surface area contributed by atoms with Crippen LogP contribution >= 0.6 is 0 Å². The molecule has 0 rings (SSSR count). The zero-order valence-corrected chi connectivity index (χ0v) is 15.1. The fourth-order valence-electron chi connectivity index (χ4n) is 3.17. The molecule has 0 aliphatic heterocycles. The van der Waals surface area contributed by atoms with E-state index in [1.807, 2.05) is 0 Å². The van der Waals surface area contributed by atoms with Crippen molar-refractivity contribution in [2.75, 3.05) is 0 Å². The molecule has 0 aliphatic rings. The standard InChI is InChI=1S/C19H40N2/c1-5-9-13-17(20)18(21)19(14-10-6-2,15-11-7-3)16-12-8-4/h5-16,20-21H2,1-4H3. The van der Waals surface area contributed by atoms with E-state index in [4.69, 9.17) is 11.5 Å². The van der Waals surface area contributed by atoms with Gasteiger partial charge >= 0.3 is 0 Å². The van der Waals surface area contributed by atoms with E-state index in [2.05, 4.69) is 27.7 Å². The van der Waals surface area contributed by atoms with Gasteiger partial charge in [-0.2, -0.15) is 0 Å². The van der Waals surface area contributed by atoms with Crippen LogP contribution in [0.4, 0.5) is 0 Å². The van der Waals surface area contributed by atoms with Gasteiger partial charge in [-0.05, 0) is 32.1 Å². The van der Waals surface area contributed by atoms with E-state index >= 15 is 0 Å². The molecule has 21 heavy (non-hydrogen) atoms. The minimum Gasteiger partial charge on any atom is -0.401 e. The number of hydrogen-bond donors (Lipinski definition) is 2. The van der Waals surface area contributed by atoms with Crippen molar-refractivity contribution in [3.05, 3.63) is 11.4 Å². The van der Waals surface area contributed by atoms with Gasteiger partial charge in [0.25, 0.3) is 0 Å². The molecule has 2 nitrogen and oxygen atoms in total. The Bertz CT molecular complexity index is 260. The monoisotopic (exact) mass is 296 g/mol. The van der Waals surface area contributed by atoms with Crippen molar-refractivity contribution in [2.45, 2.75) is 105 Å². The van der Waals surface area contributed by atoms with Gasteiger partial charge in [-0.3, -0.25) is 0 Å². The van der Waals surface area contributed by atoms with Crippen molar-refractivity contribution in [3.63, 3.8) is 0 Å². The molecule has 0 saturated carbocycles. The molecule has 0 aromatic carbocycles. The first kappa shape index (κ1) is 20.3. The largest absolute Gasteiger partial charge is 0.401 e. The van der Waals surface area contributed by atoms with Crippen LogP contribution in [0.5, 0.6) is 0 Å². The number of rotatable bonds is 13. The quantitative estimate of drug-likeness (QED) is 0.447. The number of unbranched alkanes of at least 4 members (excludes halogenated alkanes) is 4. The van der Waals surface area contributed by atoms with Crippen LogP contribution in [0.2, 0.25) is 0 Å². The van der Waals surface area contributed by atoms with Crippen molar-refractivity contribution in [2.24, 2.45) is 16.9 Å². The van der Waals surface area contributed by atoms with Crippen molar-refractivity contribution < 1.29 is 0 Å². The second-order valence-electron chi connectivity index (χ2n) is 6.63. The van der Waals surface area contributed by atoms with E-state index in [0.717, 1.165) is 24.2 Å². The summed E-state index contributed by atoms with van der Waals surface area (Å²) in [4.78, 5) is 0. The maximum absolute atomic E-state index is 6.61. The highest BCUT2D eigenvalue weighted by molar-refractivity contribution is 5.17. The van der Waals surface area contributed by atoms with Crippen LogP contribution in [0.15, 0.2) is 11.4 Å². The topological polar surface area (TPSA) is 52.0 Å². The molecule has 0 aromatic rings. The van der Waals surface area contributed by atoms with Gasteiger partial charge in [0.15, 0.2) is 0 Å². The molecule has 0 saturated heterocycles. The lowest BCUT2D eigenvalue weighted by Gasteiger charge is -2.36. The second-order valence-corrected chi connectivity index (χ2v) is 6.63. The van der Waals surface area contributed by atoms with E-state index in [1.54, 1.807) is 0 Å². The second kappa shape index (κ2) is 11.9. The maximum atomic E-state index is 6.61. The van der Waals surface area contributed by atoms with Gasteiger partial charge in [-0.25, -0.2) is 0 Å². The lowest BCUT2D eigenvalue weighted by molar-refractivity contribution is 0.247. The highest BCUT2D eigenvalue weighted by atomic mass is 14.7. The van der Waals surface area contributed by atoms with Gasteiger partial charge in [0.2, 0.25) is 0 Å². The fourth-order valence-corrected chi connectivity index (χ4v) is 3.17. The molecule has 0 bridgehead atoms. The molecule has 126 valence electrons. The molecule has 0 fully saturated rings. The normalized spacial score (nSPS) is 13.3. The molecule has 0 heterocycles. The van der Waals surface area contributed by atoms with Gasteiger partial charge in [0.05, 0.1) is 0 Å². The highest BCUT2D eigenvalue weighted by Crippen LogP contribution is 2.42. The van der Waals surface area contributed by atoms with Gasteiger partial charge in [0.1, 0.15) is 0 Å². The van der Waals surface area contributed by atoms with E-state index < -0.39 is 0 Å². The van der Waals surface area contributed by atoms with Gasteiger partial charge < -0.3 is 11.5 Å². The first-order valence-electron chi connectivity index (χ1n) is 9.32. The van der Waals surface area contributed by atoms with Crippen LogP contribution in [0, 0.1) is 5.41 Å². The Labute approximate surface area is 133 Å². The molecule has 4 N–H and O–H groups in total. The van der Waals surface area contributed by atoms with Crippen LogP contribution in [-0.2, 0) is 0 Å². The molecular formula is C19H40N2. The van der Waals surface area contributed by atoms with Crippen LogP contribution in [0.3, 0.4) is 0 Å². The number of allylic oxidation sites excluding steroid dienone is 2. The molecule has 0 radical (unpaired) electrons. The summed E-state index contributed by atoms with van der Waals surface area (Å²) in [5.41, 5.74) is 15.1. The first-order valence-corrected chi connectivity index (χ1v) is 9.32. The Morgan fingerprint density at radius 3 is 1.38 bits per heavy atom. The first-order chi connectivity index (χ1) is 10.1. The summed E-state index contributed by atoms with van der Waals surface area (Å²) in [6.45, 7) is 9.02. The van der Waals surface area contributed by atoms with E-state index in [-0.39, 0.29) is 5.41 Å². The summed E-state index contributed by atoms with van der Waals surface area (Å²) in [5.74, 6) is 0. The van der Waals surface area contributed by atoms with Crippen LogP contribution in [0.25, 0.3) is 0 Å². The average molecular weight is 297 g/mol. The number of nitrogens with two attached hydrogens (primary N) is 2. The van der Waals surface area contributed by atoms with Crippen LogP contribution in [0.1, 0.15) is 105 Å². The predicted molar refractivity (Wildman–Crippen MR) is 95.9 cm³/mol. The van der Waals surface area contributed by atoms with Crippen molar-refractivity contribution in [1.82, 2.24) is 0 Å². The lowest BCUT2D eigenvalue weighted by Crippen LogP contribution is -2.32. The Hall–Kier alpha value is -0.660. The smallest absolute Gasteiger partial charge is 0.0334 e. The van der Waals surface area contributed by atoms with Gasteiger partial charge in [-0.1, -0.05) is 72.6 Å². The van der Waals surface area contributed by atoms with Crippen molar-refractivity contribution in [1.29, 1.82) is 0 Å². The molecule has 0 aliphatic carbocycles.